The lowest BCUT2D eigenvalue weighted by atomic mass is 10.2. The summed E-state index contributed by atoms with van der Waals surface area (Å²) in [6.07, 6.45) is 0. The van der Waals surface area contributed by atoms with Gasteiger partial charge in [-0.25, -0.2) is 4.98 Å². The van der Waals surface area contributed by atoms with E-state index >= 15 is 0 Å². The summed E-state index contributed by atoms with van der Waals surface area (Å²) < 4.78 is 7.58. The summed E-state index contributed by atoms with van der Waals surface area (Å²) in [5, 5.41) is 0.903. The number of aryl methyl sites for hydroxylation is 2. The molecule has 1 saturated heterocycles. The third kappa shape index (κ3) is 2.55. The van der Waals surface area contributed by atoms with Crippen LogP contribution in [0.5, 0.6) is 0 Å². The van der Waals surface area contributed by atoms with Crippen molar-refractivity contribution in [1.82, 2.24) is 14.5 Å². The van der Waals surface area contributed by atoms with Crippen molar-refractivity contribution in [2.45, 2.75) is 20.4 Å². The zero-order valence-corrected chi connectivity index (χ0v) is 13.7. The van der Waals surface area contributed by atoms with E-state index < -0.39 is 0 Å². The Morgan fingerprint density at radius 2 is 2.05 bits per heavy atom. The van der Waals surface area contributed by atoms with Crippen molar-refractivity contribution in [2.75, 3.05) is 31.2 Å². The molecular formula is C14H17BrN4O2. The number of halogens is 1. The van der Waals surface area contributed by atoms with E-state index in [0.717, 1.165) is 24.2 Å². The molecule has 2 aromatic heterocycles. The second-order valence-corrected chi connectivity index (χ2v) is 5.84. The highest BCUT2D eigenvalue weighted by Gasteiger charge is 2.17. The second kappa shape index (κ2) is 5.73. The SMILES string of the molecule is CCn1c(=O)c(Br)cc2c(C)nc(N3CCOCC3)nc21. The summed E-state index contributed by atoms with van der Waals surface area (Å²) in [6, 6.07) is 1.81. The van der Waals surface area contributed by atoms with Crippen LogP contribution in [0.3, 0.4) is 0 Å². The van der Waals surface area contributed by atoms with Crippen molar-refractivity contribution in [3.63, 3.8) is 0 Å². The minimum atomic E-state index is -0.0592. The van der Waals surface area contributed by atoms with Crippen LogP contribution >= 0.6 is 15.9 Å². The normalized spacial score (nSPS) is 15.7. The van der Waals surface area contributed by atoms with Crippen LogP contribution < -0.4 is 10.5 Å². The molecule has 0 unspecified atom stereocenters. The molecule has 21 heavy (non-hydrogen) atoms. The molecule has 0 amide bonds. The quantitative estimate of drug-likeness (QED) is 0.823. The number of anilines is 1. The van der Waals surface area contributed by atoms with E-state index in [1.807, 2.05) is 19.9 Å². The minimum absolute atomic E-state index is 0.0592. The fraction of sp³-hybridized carbons (Fsp3) is 0.500. The monoisotopic (exact) mass is 352 g/mol. The van der Waals surface area contributed by atoms with E-state index in [9.17, 15) is 4.79 Å². The molecule has 0 aromatic carbocycles. The number of morpholine rings is 1. The molecule has 3 heterocycles. The Morgan fingerprint density at radius 3 is 2.71 bits per heavy atom. The minimum Gasteiger partial charge on any atom is -0.378 e. The molecule has 0 radical (unpaired) electrons. The average Bonchev–Trinajstić information content (AvgIpc) is 2.50. The molecule has 2 aromatic rings. The summed E-state index contributed by atoms with van der Waals surface area (Å²) in [4.78, 5) is 23.6. The van der Waals surface area contributed by atoms with E-state index in [4.69, 9.17) is 4.74 Å². The smallest absolute Gasteiger partial charge is 0.266 e. The first kappa shape index (κ1) is 14.5. The molecular weight excluding hydrogens is 336 g/mol. The third-order valence-electron chi connectivity index (χ3n) is 3.69. The Balaban J connectivity index is 2.22. The zero-order valence-electron chi connectivity index (χ0n) is 12.1. The number of aromatic nitrogens is 3. The fourth-order valence-electron chi connectivity index (χ4n) is 2.54. The molecule has 0 saturated carbocycles. The molecule has 1 aliphatic rings. The Kier molecular flexibility index (Phi) is 3.95. The highest BCUT2D eigenvalue weighted by atomic mass is 79.9. The Bertz CT molecular complexity index is 738. The largest absolute Gasteiger partial charge is 0.378 e. The summed E-state index contributed by atoms with van der Waals surface area (Å²) in [6.45, 7) is 7.39. The van der Waals surface area contributed by atoms with E-state index in [1.54, 1.807) is 4.57 Å². The van der Waals surface area contributed by atoms with Gasteiger partial charge in [0.05, 0.1) is 23.4 Å². The maximum Gasteiger partial charge on any atom is 0.266 e. The van der Waals surface area contributed by atoms with Crippen LogP contribution in [0.15, 0.2) is 15.3 Å². The molecule has 7 heteroatoms. The molecule has 3 rings (SSSR count). The fourth-order valence-corrected chi connectivity index (χ4v) is 2.98. The maximum absolute atomic E-state index is 12.2. The standard InChI is InChI=1S/C14H17BrN4O2/c1-3-19-12-10(8-11(15)13(19)20)9(2)16-14(17-12)18-4-6-21-7-5-18/h8H,3-7H2,1-2H3. The van der Waals surface area contributed by atoms with Gasteiger partial charge in [-0.1, -0.05) is 0 Å². The summed E-state index contributed by atoms with van der Waals surface area (Å²) >= 11 is 3.32. The lowest BCUT2D eigenvalue weighted by Gasteiger charge is -2.27. The van der Waals surface area contributed by atoms with Crippen LogP contribution in [0.4, 0.5) is 5.95 Å². The molecule has 0 N–H and O–H groups in total. The van der Waals surface area contributed by atoms with Crippen LogP contribution in [0.2, 0.25) is 0 Å². The van der Waals surface area contributed by atoms with Crippen LogP contribution in [0.1, 0.15) is 12.6 Å². The number of nitrogens with zero attached hydrogens (tertiary/aromatic N) is 4. The first-order valence-electron chi connectivity index (χ1n) is 7.02. The van der Waals surface area contributed by atoms with E-state index in [-0.39, 0.29) is 5.56 Å². The van der Waals surface area contributed by atoms with Crippen molar-refractivity contribution in [2.24, 2.45) is 0 Å². The van der Waals surface area contributed by atoms with Crippen molar-refractivity contribution in [3.8, 4) is 0 Å². The lowest BCUT2D eigenvalue weighted by molar-refractivity contribution is 0.122. The van der Waals surface area contributed by atoms with Gasteiger partial charge in [-0.3, -0.25) is 9.36 Å². The first-order chi connectivity index (χ1) is 10.1. The lowest BCUT2D eigenvalue weighted by Crippen LogP contribution is -2.37. The van der Waals surface area contributed by atoms with E-state index in [1.165, 1.54) is 0 Å². The van der Waals surface area contributed by atoms with Gasteiger partial charge in [0, 0.05) is 25.0 Å². The molecule has 0 bridgehead atoms. The van der Waals surface area contributed by atoms with E-state index in [2.05, 4.69) is 30.8 Å². The van der Waals surface area contributed by atoms with Crippen LogP contribution in [0.25, 0.3) is 11.0 Å². The number of hydrogen-bond acceptors (Lipinski definition) is 5. The van der Waals surface area contributed by atoms with Crippen molar-refractivity contribution >= 4 is 32.9 Å². The predicted molar refractivity (Wildman–Crippen MR) is 84.9 cm³/mol. The molecule has 1 fully saturated rings. The van der Waals surface area contributed by atoms with Gasteiger partial charge in [0.1, 0.15) is 5.65 Å². The van der Waals surface area contributed by atoms with E-state index in [0.29, 0.717) is 35.8 Å². The Labute approximate surface area is 130 Å². The molecule has 0 spiro atoms. The maximum atomic E-state index is 12.2. The first-order valence-corrected chi connectivity index (χ1v) is 7.81. The van der Waals surface area contributed by atoms with Gasteiger partial charge >= 0.3 is 0 Å². The molecule has 1 aliphatic heterocycles. The van der Waals surface area contributed by atoms with Crippen molar-refractivity contribution in [3.05, 3.63) is 26.6 Å². The van der Waals surface area contributed by atoms with Gasteiger partial charge in [0.25, 0.3) is 5.56 Å². The van der Waals surface area contributed by atoms with Crippen LogP contribution in [-0.2, 0) is 11.3 Å². The van der Waals surface area contributed by atoms with Gasteiger partial charge < -0.3 is 9.64 Å². The van der Waals surface area contributed by atoms with Gasteiger partial charge in [0.2, 0.25) is 5.95 Å². The molecule has 6 nitrogen and oxygen atoms in total. The molecule has 112 valence electrons. The highest BCUT2D eigenvalue weighted by Crippen LogP contribution is 2.21. The molecule has 0 atom stereocenters. The molecule has 0 aliphatic carbocycles. The van der Waals surface area contributed by atoms with Gasteiger partial charge in [-0.2, -0.15) is 4.98 Å². The topological polar surface area (TPSA) is 60.2 Å². The highest BCUT2D eigenvalue weighted by molar-refractivity contribution is 9.10. The number of pyridine rings is 1. The zero-order chi connectivity index (χ0) is 15.0. The van der Waals surface area contributed by atoms with Gasteiger partial charge in [-0.15, -0.1) is 0 Å². The van der Waals surface area contributed by atoms with Gasteiger partial charge in [-0.05, 0) is 35.8 Å². The van der Waals surface area contributed by atoms with Crippen molar-refractivity contribution < 1.29 is 4.74 Å². The number of ether oxygens (including phenoxy) is 1. The predicted octanol–water partition coefficient (Wildman–Crippen LogP) is 1.72. The third-order valence-corrected chi connectivity index (χ3v) is 4.26. The average molecular weight is 353 g/mol. The van der Waals surface area contributed by atoms with Crippen LogP contribution in [-0.4, -0.2) is 40.8 Å². The number of rotatable bonds is 2. The summed E-state index contributed by atoms with van der Waals surface area (Å²) in [5.74, 6) is 0.673. The second-order valence-electron chi connectivity index (χ2n) is 4.99. The summed E-state index contributed by atoms with van der Waals surface area (Å²) in [5.41, 5.74) is 1.51. The Hall–Kier alpha value is -1.47. The number of fused-ring (bicyclic) bond motifs is 1. The van der Waals surface area contributed by atoms with Gasteiger partial charge in [0.15, 0.2) is 0 Å². The van der Waals surface area contributed by atoms with Crippen molar-refractivity contribution in [1.29, 1.82) is 0 Å². The summed E-state index contributed by atoms with van der Waals surface area (Å²) in [7, 11) is 0. The Morgan fingerprint density at radius 1 is 1.33 bits per heavy atom. The van der Waals surface area contributed by atoms with Crippen LogP contribution in [0, 0.1) is 6.92 Å². The number of hydrogen-bond donors (Lipinski definition) is 0.